The van der Waals surface area contributed by atoms with Crippen LogP contribution in [-0.4, -0.2) is 73.4 Å². The highest BCUT2D eigenvalue weighted by Crippen LogP contribution is 2.35. The van der Waals surface area contributed by atoms with Crippen LogP contribution in [0.25, 0.3) is 33.8 Å². The minimum atomic E-state index is -0.899. The van der Waals surface area contributed by atoms with Gasteiger partial charge in [-0.05, 0) is 73.2 Å². The number of anilines is 1. The van der Waals surface area contributed by atoms with E-state index in [9.17, 15) is 24.0 Å². The van der Waals surface area contributed by atoms with E-state index >= 15 is 0 Å². The summed E-state index contributed by atoms with van der Waals surface area (Å²) >= 11 is 0. The Kier molecular flexibility index (Phi) is 11.0. The summed E-state index contributed by atoms with van der Waals surface area (Å²) in [7, 11) is 0. The summed E-state index contributed by atoms with van der Waals surface area (Å²) in [6.45, 7) is 3.73. The topological polar surface area (TPSA) is 183 Å². The lowest BCUT2D eigenvalue weighted by molar-refractivity contribution is -0.140. The Morgan fingerprint density at radius 3 is 2.05 bits per heavy atom. The Morgan fingerprint density at radius 2 is 1.37 bits per heavy atom. The van der Waals surface area contributed by atoms with Crippen LogP contribution in [0.1, 0.15) is 74.6 Å². The number of imidazole rings is 1. The molecule has 6 aromatic rings. The van der Waals surface area contributed by atoms with Gasteiger partial charge in [-0.3, -0.25) is 24.0 Å². The van der Waals surface area contributed by atoms with Gasteiger partial charge in [0.25, 0.3) is 0 Å². The average molecular weight is 793 g/mol. The summed E-state index contributed by atoms with van der Waals surface area (Å²) in [6.07, 6.45) is 4.33. The molecule has 4 heterocycles. The summed E-state index contributed by atoms with van der Waals surface area (Å²) < 4.78 is 6.24. The number of rotatable bonds is 11. The Hall–Kier alpha value is -7.09. The van der Waals surface area contributed by atoms with Crippen molar-refractivity contribution >= 4 is 46.3 Å². The first kappa shape index (κ1) is 38.8. The van der Waals surface area contributed by atoms with Gasteiger partial charge in [0.1, 0.15) is 23.9 Å². The molecule has 4 N–H and O–H groups in total. The summed E-state index contributed by atoms with van der Waals surface area (Å²) in [4.78, 5) is 81.6. The number of carbonyl (C=O) groups excluding carboxylic acids is 5. The van der Waals surface area contributed by atoms with Crippen molar-refractivity contribution in [3.05, 3.63) is 126 Å². The number of nitrogens with zero attached hydrogens (tertiary/aromatic N) is 4. The highest BCUT2D eigenvalue weighted by molar-refractivity contribution is 5.99. The monoisotopic (exact) mass is 792 g/mol. The van der Waals surface area contributed by atoms with Gasteiger partial charge in [0.2, 0.25) is 35.4 Å². The molecule has 0 bridgehead atoms. The van der Waals surface area contributed by atoms with Crippen LogP contribution >= 0.6 is 0 Å². The van der Waals surface area contributed by atoms with Crippen LogP contribution in [0.2, 0.25) is 0 Å². The van der Waals surface area contributed by atoms with E-state index in [1.807, 2.05) is 60.7 Å². The van der Waals surface area contributed by atoms with Crippen molar-refractivity contribution in [2.45, 2.75) is 63.7 Å². The molecule has 4 aromatic carbocycles. The first-order chi connectivity index (χ1) is 28.6. The van der Waals surface area contributed by atoms with Crippen LogP contribution in [0.3, 0.4) is 0 Å². The second kappa shape index (κ2) is 16.8. The van der Waals surface area contributed by atoms with Crippen LogP contribution in [0.5, 0.6) is 0 Å². The average Bonchev–Trinajstić information content (AvgIpc) is 4.08. The largest absolute Gasteiger partial charge is 0.436 e. The summed E-state index contributed by atoms with van der Waals surface area (Å²) in [5, 5.41) is 8.56. The molecule has 8 rings (SSSR count). The standard InChI is InChI=1S/C45H44N8O6/c1-27(54)47-39(29-12-5-3-6-13-29)44(57)52-22-10-18-36(52)41-50-34-21-20-31(25-35(34)51-41)38-26-46-43(59-38)32-16-9-17-33(24-32)49-42(56)37-19-11-23-53(37)45(58)40(48-28(2)55)30-14-7-4-8-15-30/h3-9,12-17,20-21,24-26,36-37,39-40H,10-11,18-19,22-23H2,1-2H3,(H,47,54)(H,48,55)(H,49,56)(H,50,51)/t36-,37-,39?,40+/m0/s1. The molecule has 2 fully saturated rings. The predicted octanol–water partition coefficient (Wildman–Crippen LogP) is 6.23. The first-order valence-electron chi connectivity index (χ1n) is 19.7. The maximum absolute atomic E-state index is 13.9. The van der Waals surface area contributed by atoms with E-state index in [1.165, 1.54) is 13.8 Å². The highest BCUT2D eigenvalue weighted by Gasteiger charge is 2.39. The fraction of sp³-hybridized carbons (Fsp3) is 0.267. The van der Waals surface area contributed by atoms with Crippen molar-refractivity contribution in [3.63, 3.8) is 0 Å². The molecule has 0 spiro atoms. The summed E-state index contributed by atoms with van der Waals surface area (Å²) in [5.41, 5.74) is 4.81. The zero-order valence-corrected chi connectivity index (χ0v) is 32.7. The maximum atomic E-state index is 13.9. The van der Waals surface area contributed by atoms with E-state index in [1.54, 1.807) is 58.5 Å². The number of fused-ring (bicyclic) bond motifs is 1. The molecule has 4 atom stereocenters. The minimum absolute atomic E-state index is 0.181. The zero-order valence-electron chi connectivity index (χ0n) is 32.7. The van der Waals surface area contributed by atoms with Gasteiger partial charge in [-0.1, -0.05) is 66.7 Å². The van der Waals surface area contributed by atoms with Gasteiger partial charge in [-0.15, -0.1) is 0 Å². The second-order valence-corrected chi connectivity index (χ2v) is 14.9. The van der Waals surface area contributed by atoms with Crippen molar-refractivity contribution in [1.82, 2.24) is 35.4 Å². The molecule has 59 heavy (non-hydrogen) atoms. The molecule has 0 radical (unpaired) electrons. The lowest BCUT2D eigenvalue weighted by atomic mass is 10.0. The fourth-order valence-electron chi connectivity index (χ4n) is 8.06. The SMILES string of the molecule is CC(=O)NC(C(=O)N1CCC[C@H]1c1nc2ccc(-c3cnc(-c4cccc(NC(=O)[C@@H]5CCCN5C(=O)[C@H](NC(C)=O)c5ccccc5)c4)o3)cc2[nH]1)c1ccccc1. The highest BCUT2D eigenvalue weighted by atomic mass is 16.4. The quantitative estimate of drug-likeness (QED) is 0.119. The third-order valence-electron chi connectivity index (χ3n) is 10.8. The molecule has 300 valence electrons. The fourth-order valence-corrected chi connectivity index (χ4v) is 8.06. The molecule has 0 aliphatic carbocycles. The smallest absolute Gasteiger partial charge is 0.250 e. The van der Waals surface area contributed by atoms with Crippen molar-refractivity contribution < 1.29 is 28.4 Å². The van der Waals surface area contributed by atoms with Crippen molar-refractivity contribution in [3.8, 4) is 22.8 Å². The molecule has 2 aromatic heterocycles. The lowest BCUT2D eigenvalue weighted by Crippen LogP contribution is -2.48. The van der Waals surface area contributed by atoms with Gasteiger partial charge >= 0.3 is 0 Å². The van der Waals surface area contributed by atoms with E-state index in [0.717, 1.165) is 35.0 Å². The molecule has 2 aliphatic heterocycles. The number of carbonyl (C=O) groups is 5. The molecule has 14 heteroatoms. The summed E-state index contributed by atoms with van der Waals surface area (Å²) in [6, 6.07) is 28.5. The Labute approximate surface area is 340 Å². The predicted molar refractivity (Wildman–Crippen MR) is 220 cm³/mol. The number of H-pyrrole nitrogens is 1. The van der Waals surface area contributed by atoms with Gasteiger partial charge in [-0.2, -0.15) is 0 Å². The van der Waals surface area contributed by atoms with Gasteiger partial charge in [0.05, 0.1) is 23.3 Å². The molecule has 5 amide bonds. The Morgan fingerprint density at radius 1 is 0.729 bits per heavy atom. The third kappa shape index (κ3) is 8.33. The van der Waals surface area contributed by atoms with Crippen LogP contribution < -0.4 is 16.0 Å². The van der Waals surface area contributed by atoms with Crippen LogP contribution in [-0.2, 0) is 24.0 Å². The maximum Gasteiger partial charge on any atom is 0.250 e. The van der Waals surface area contributed by atoms with Crippen LogP contribution in [0.4, 0.5) is 5.69 Å². The van der Waals surface area contributed by atoms with Gasteiger partial charge in [0.15, 0.2) is 5.76 Å². The third-order valence-corrected chi connectivity index (χ3v) is 10.8. The number of benzene rings is 4. The first-order valence-corrected chi connectivity index (χ1v) is 19.7. The van der Waals surface area contributed by atoms with E-state index in [-0.39, 0.29) is 35.6 Å². The molecule has 0 saturated carbocycles. The Balaban J connectivity index is 0.959. The van der Waals surface area contributed by atoms with E-state index < -0.39 is 18.1 Å². The summed E-state index contributed by atoms with van der Waals surface area (Å²) in [5.74, 6) is 0.0922. The van der Waals surface area contributed by atoms with Crippen molar-refractivity contribution in [1.29, 1.82) is 0 Å². The molecule has 14 nitrogen and oxygen atoms in total. The van der Waals surface area contributed by atoms with Crippen LogP contribution in [0, 0.1) is 0 Å². The molecule has 2 aliphatic rings. The van der Waals surface area contributed by atoms with E-state index in [4.69, 9.17) is 9.40 Å². The van der Waals surface area contributed by atoms with Crippen molar-refractivity contribution in [2.75, 3.05) is 18.4 Å². The molecule has 2 saturated heterocycles. The molecular weight excluding hydrogens is 749 g/mol. The molecular formula is C45H44N8O6. The van der Waals surface area contributed by atoms with Crippen molar-refractivity contribution in [2.24, 2.45) is 0 Å². The molecule has 1 unspecified atom stereocenters. The number of oxazole rings is 1. The van der Waals surface area contributed by atoms with Gasteiger partial charge in [-0.25, -0.2) is 9.97 Å². The number of hydrogen-bond donors (Lipinski definition) is 4. The number of aromatic nitrogens is 3. The van der Waals surface area contributed by atoms with Gasteiger partial charge < -0.3 is 35.2 Å². The second-order valence-electron chi connectivity index (χ2n) is 14.9. The number of aromatic amines is 1. The number of nitrogens with one attached hydrogen (secondary N) is 4. The normalized spacial score (nSPS) is 17.4. The number of likely N-dealkylation sites (tertiary alicyclic amines) is 2. The zero-order chi connectivity index (χ0) is 41.0. The lowest BCUT2D eigenvalue weighted by Gasteiger charge is -2.28. The number of hydrogen-bond acceptors (Lipinski definition) is 8. The number of amides is 5. The van der Waals surface area contributed by atoms with Gasteiger partial charge in [0, 0.05) is 43.8 Å². The van der Waals surface area contributed by atoms with E-state index in [0.29, 0.717) is 60.2 Å². The van der Waals surface area contributed by atoms with Crippen LogP contribution in [0.15, 0.2) is 114 Å². The minimum Gasteiger partial charge on any atom is -0.436 e. The van der Waals surface area contributed by atoms with E-state index in [2.05, 4.69) is 25.9 Å². The Bertz CT molecular complexity index is 2520.